The lowest BCUT2D eigenvalue weighted by atomic mass is 10.2. The molecule has 0 spiro atoms. The fraction of sp³-hybridized carbons (Fsp3) is 0.522. The van der Waals surface area contributed by atoms with Crippen LogP contribution in [-0.4, -0.2) is 63.8 Å². The molecule has 1 saturated heterocycles. The van der Waals surface area contributed by atoms with Gasteiger partial charge in [0.15, 0.2) is 0 Å². The molecule has 3 aliphatic rings. The quantitative estimate of drug-likeness (QED) is 0.300. The number of esters is 1. The monoisotopic (exact) mass is 537 g/mol. The summed E-state index contributed by atoms with van der Waals surface area (Å²) in [5, 5.41) is 12.7. The van der Waals surface area contributed by atoms with Crippen LogP contribution in [0.25, 0.3) is 0 Å². The summed E-state index contributed by atoms with van der Waals surface area (Å²) < 4.78 is 30.8. The zero-order valence-corrected chi connectivity index (χ0v) is 21.8. The van der Waals surface area contributed by atoms with Crippen LogP contribution in [0.2, 0.25) is 0 Å². The van der Waals surface area contributed by atoms with E-state index in [2.05, 4.69) is 21.7 Å². The molecule has 2 aliphatic heterocycles. The van der Waals surface area contributed by atoms with E-state index in [0.717, 1.165) is 25.7 Å². The highest BCUT2D eigenvalue weighted by atomic mass is 32.2. The van der Waals surface area contributed by atoms with Crippen molar-refractivity contribution in [1.82, 2.24) is 9.99 Å². The van der Waals surface area contributed by atoms with Gasteiger partial charge in [0.1, 0.15) is 30.1 Å². The van der Waals surface area contributed by atoms with Gasteiger partial charge in [0.05, 0.1) is 23.3 Å². The number of hydrogen-bond donors (Lipinski definition) is 3. The van der Waals surface area contributed by atoms with Gasteiger partial charge >= 0.3 is 13.7 Å². The Morgan fingerprint density at radius 3 is 2.78 bits per heavy atom. The molecule has 2 heterocycles. The van der Waals surface area contributed by atoms with E-state index in [0.29, 0.717) is 18.0 Å². The Labute approximate surface area is 214 Å². The highest BCUT2D eigenvalue weighted by molar-refractivity contribution is 8.00. The summed E-state index contributed by atoms with van der Waals surface area (Å²) in [7, 11) is -4.02. The first-order valence-corrected chi connectivity index (χ1v) is 14.4. The van der Waals surface area contributed by atoms with Crippen LogP contribution >= 0.6 is 19.5 Å². The third kappa shape index (κ3) is 6.89. The number of thioether (sulfide) groups is 1. The summed E-state index contributed by atoms with van der Waals surface area (Å²) in [5.41, 5.74) is 5.61. The molecule has 1 aromatic rings. The fourth-order valence-corrected chi connectivity index (χ4v) is 7.20. The van der Waals surface area contributed by atoms with Crippen LogP contribution in [0.4, 0.5) is 0 Å². The number of ether oxygens (including phenoxy) is 1. The number of nitrogens with two attached hydrogens (primary N) is 1. The Morgan fingerprint density at radius 1 is 1.36 bits per heavy atom. The molecule has 4 rings (SSSR count). The largest absolute Gasteiger partial charge is 0.461 e. The maximum absolute atomic E-state index is 13.7. The first-order valence-electron chi connectivity index (χ1n) is 11.9. The van der Waals surface area contributed by atoms with Gasteiger partial charge in [0, 0.05) is 6.42 Å². The van der Waals surface area contributed by atoms with Gasteiger partial charge in [-0.15, -0.1) is 11.8 Å². The fourth-order valence-electron chi connectivity index (χ4n) is 4.13. The summed E-state index contributed by atoms with van der Waals surface area (Å²) in [6.45, 7) is 5.35. The van der Waals surface area contributed by atoms with Crippen molar-refractivity contribution >= 4 is 37.8 Å². The van der Waals surface area contributed by atoms with Gasteiger partial charge in [-0.1, -0.05) is 24.8 Å². The lowest BCUT2D eigenvalue weighted by Gasteiger charge is -2.27. The lowest BCUT2D eigenvalue weighted by molar-refractivity contribution is -0.150. The molecule has 5 atom stereocenters. The molecule has 196 valence electrons. The molecule has 0 bridgehead atoms. The molecule has 0 radical (unpaired) electrons. The summed E-state index contributed by atoms with van der Waals surface area (Å²) in [5.74, 6) is 0.340. The predicted molar refractivity (Wildman–Crippen MR) is 138 cm³/mol. The third-order valence-electron chi connectivity index (χ3n) is 6.04. The number of para-hydroxylation sites is 1. The topological polar surface area (TPSA) is 148 Å². The second kappa shape index (κ2) is 11.8. The number of nitrogens with zero attached hydrogens (tertiary/aromatic N) is 3. The molecule has 4 N–H and O–H groups in total. The Hall–Kier alpha value is -2.37. The van der Waals surface area contributed by atoms with E-state index in [-0.39, 0.29) is 24.0 Å². The van der Waals surface area contributed by atoms with Crippen molar-refractivity contribution in [2.45, 2.75) is 67.9 Å². The zero-order valence-electron chi connectivity index (χ0n) is 20.1. The van der Waals surface area contributed by atoms with Crippen LogP contribution in [0.1, 0.15) is 39.0 Å². The molecule has 13 heteroatoms. The van der Waals surface area contributed by atoms with Crippen LogP contribution in [0.5, 0.6) is 5.75 Å². The Morgan fingerprint density at radius 2 is 2.08 bits per heavy atom. The van der Waals surface area contributed by atoms with Crippen molar-refractivity contribution in [2.24, 2.45) is 15.7 Å². The average molecular weight is 538 g/mol. The number of carbonyl (C=O) groups is 1. The Kier molecular flexibility index (Phi) is 8.74. The number of rotatable bonds is 10. The number of guanidine groups is 1. The van der Waals surface area contributed by atoms with Gasteiger partial charge in [-0.25, -0.2) is 9.56 Å². The van der Waals surface area contributed by atoms with Crippen LogP contribution in [0.15, 0.2) is 52.7 Å². The number of hydrogen-bond acceptors (Lipinski definition) is 11. The molecule has 36 heavy (non-hydrogen) atoms. The van der Waals surface area contributed by atoms with Crippen LogP contribution in [-0.2, 0) is 18.6 Å². The van der Waals surface area contributed by atoms with Crippen LogP contribution < -0.4 is 15.3 Å². The molecule has 0 amide bonds. The second-order valence-electron chi connectivity index (χ2n) is 8.86. The standard InChI is InChI=1S/C23H32N5O6PS/c1-15(22(30)33-17-8-6-7-9-17)27-35(31,34-18-10-4-3-5-11-18)32-13-20-19(29)12-21(36-20)28-14-25-23(24)26-16(28)2/h3-5,10-11,14-15,17,19-21,29H,2,6-9,12-13H2,1H3,(H2,24,26)(H,27,31)/t15-,19+,20+,21+,35?/m0/s1. The highest BCUT2D eigenvalue weighted by Gasteiger charge is 2.41. The van der Waals surface area contributed by atoms with Crippen LogP contribution in [0, 0.1) is 0 Å². The number of aliphatic hydroxyl groups is 1. The average Bonchev–Trinajstić information content (AvgIpc) is 3.47. The zero-order chi connectivity index (χ0) is 25.7. The van der Waals surface area contributed by atoms with Crippen molar-refractivity contribution in [3.05, 3.63) is 42.7 Å². The maximum Gasteiger partial charge on any atom is 0.459 e. The van der Waals surface area contributed by atoms with Gasteiger partial charge in [-0.05, 0) is 44.7 Å². The molecule has 1 aliphatic carbocycles. The molecule has 1 unspecified atom stereocenters. The number of nitrogens with one attached hydrogen (secondary N) is 1. The van der Waals surface area contributed by atoms with Gasteiger partial charge in [-0.3, -0.25) is 9.32 Å². The minimum absolute atomic E-state index is 0.0906. The molecule has 11 nitrogen and oxygen atoms in total. The number of benzene rings is 1. The van der Waals surface area contributed by atoms with Crippen molar-refractivity contribution < 1.29 is 28.3 Å². The van der Waals surface area contributed by atoms with E-state index < -0.39 is 31.1 Å². The smallest absolute Gasteiger partial charge is 0.459 e. The molecule has 2 fully saturated rings. The number of carbonyl (C=O) groups excluding carboxylic acids is 1. The van der Waals surface area contributed by atoms with Gasteiger partial charge < -0.3 is 25.0 Å². The SMILES string of the molecule is C=C1N=C(N)N=CN1[C@H]1C[C@@H](O)[C@@H](COP(=O)(N[C@@H](C)C(=O)OC2CCCC2)Oc2ccccc2)S1. The van der Waals surface area contributed by atoms with E-state index in [9.17, 15) is 14.5 Å². The van der Waals surface area contributed by atoms with E-state index in [1.807, 2.05) is 0 Å². The molecular weight excluding hydrogens is 505 g/mol. The van der Waals surface area contributed by atoms with Crippen molar-refractivity contribution in [1.29, 1.82) is 0 Å². The predicted octanol–water partition coefficient (Wildman–Crippen LogP) is 2.98. The van der Waals surface area contributed by atoms with E-state index in [1.165, 1.54) is 18.1 Å². The maximum atomic E-state index is 13.7. The summed E-state index contributed by atoms with van der Waals surface area (Å²) in [4.78, 5) is 22.4. The van der Waals surface area contributed by atoms with Crippen LogP contribution in [0.3, 0.4) is 0 Å². The minimum Gasteiger partial charge on any atom is -0.461 e. The van der Waals surface area contributed by atoms with Gasteiger partial charge in [-0.2, -0.15) is 10.1 Å². The summed E-state index contributed by atoms with van der Waals surface area (Å²) >= 11 is 1.42. The molecular formula is C23H32N5O6PS. The van der Waals surface area contributed by atoms with Crippen molar-refractivity contribution in [3.63, 3.8) is 0 Å². The normalized spacial score (nSPS) is 26.9. The first kappa shape index (κ1) is 26.7. The molecule has 0 aromatic heterocycles. The summed E-state index contributed by atoms with van der Waals surface area (Å²) in [6, 6.07) is 7.63. The van der Waals surface area contributed by atoms with Crippen molar-refractivity contribution in [3.8, 4) is 5.75 Å². The van der Waals surface area contributed by atoms with E-state index in [1.54, 1.807) is 42.2 Å². The number of aliphatic hydroxyl groups excluding tert-OH is 1. The Balaban J connectivity index is 1.40. The van der Waals surface area contributed by atoms with E-state index in [4.69, 9.17) is 19.5 Å². The second-order valence-corrected chi connectivity index (χ2v) is 12.0. The molecule has 1 aromatic carbocycles. The highest BCUT2D eigenvalue weighted by Crippen LogP contribution is 2.47. The van der Waals surface area contributed by atoms with Gasteiger partial charge in [0.25, 0.3) is 0 Å². The number of aliphatic imine (C=N–C) groups is 2. The van der Waals surface area contributed by atoms with Gasteiger partial charge in [0.2, 0.25) is 5.96 Å². The first-order chi connectivity index (χ1) is 17.2. The third-order valence-corrected chi connectivity index (χ3v) is 9.22. The lowest BCUT2D eigenvalue weighted by Crippen LogP contribution is -2.37. The van der Waals surface area contributed by atoms with E-state index >= 15 is 0 Å². The van der Waals surface area contributed by atoms with Crippen molar-refractivity contribution in [2.75, 3.05) is 6.61 Å². The summed E-state index contributed by atoms with van der Waals surface area (Å²) in [6.07, 6.45) is 4.76. The molecule has 1 saturated carbocycles. The minimum atomic E-state index is -4.02. The Bertz CT molecular complexity index is 1050.